The zero-order chi connectivity index (χ0) is 17.9. The molecule has 2 rings (SSSR count). The summed E-state index contributed by atoms with van der Waals surface area (Å²) < 4.78 is 0. The largest absolute Gasteiger partial charge is 0.504 e. The van der Waals surface area contributed by atoms with Crippen molar-refractivity contribution in [2.24, 2.45) is 5.73 Å². The molecular weight excluding hydrogens is 330 g/mol. The van der Waals surface area contributed by atoms with Crippen LogP contribution in [0.5, 0.6) is 11.5 Å². The summed E-state index contributed by atoms with van der Waals surface area (Å²) in [5, 5.41) is 38.1. The number of aromatic hydroxyl groups is 2. The Hall–Kier alpha value is -3.43. The Labute approximate surface area is 141 Å². The molecule has 0 fully saturated rings. The minimum Gasteiger partial charge on any atom is -0.504 e. The molecule has 24 heavy (non-hydrogen) atoms. The highest BCUT2D eigenvalue weighted by atomic mass is 32.2. The third-order valence-corrected chi connectivity index (χ3v) is 4.03. The second kappa shape index (κ2) is 6.77. The van der Waals surface area contributed by atoms with Gasteiger partial charge in [-0.3, -0.25) is 4.79 Å². The molecule has 1 amide bonds. The van der Waals surface area contributed by atoms with E-state index in [0.29, 0.717) is 5.56 Å². The lowest BCUT2D eigenvalue weighted by molar-refractivity contribution is -0.115. The molecule has 0 bridgehead atoms. The summed E-state index contributed by atoms with van der Waals surface area (Å²) >= 11 is 0.920. The first-order chi connectivity index (χ1) is 11.4. The number of hydrogen-bond donors (Lipinski definition) is 4. The molecular formula is C15H11N5O3S. The molecule has 0 saturated heterocycles. The molecule has 1 heterocycles. The van der Waals surface area contributed by atoms with E-state index >= 15 is 0 Å². The van der Waals surface area contributed by atoms with Crippen molar-refractivity contribution in [3.8, 4) is 34.8 Å². The quantitative estimate of drug-likeness (QED) is 0.472. The van der Waals surface area contributed by atoms with Crippen molar-refractivity contribution in [3.05, 3.63) is 29.3 Å². The highest BCUT2D eigenvalue weighted by Gasteiger charge is 2.21. The maximum absolute atomic E-state index is 11.0. The van der Waals surface area contributed by atoms with Crippen molar-refractivity contribution >= 4 is 23.5 Å². The Morgan fingerprint density at radius 1 is 1.21 bits per heavy atom. The van der Waals surface area contributed by atoms with Gasteiger partial charge >= 0.3 is 0 Å². The number of nitrogens with zero attached hydrogens (tertiary/aromatic N) is 3. The molecule has 1 aromatic heterocycles. The van der Waals surface area contributed by atoms with Gasteiger partial charge in [-0.2, -0.15) is 10.5 Å². The Bertz CT molecular complexity index is 915. The number of rotatable bonds is 4. The van der Waals surface area contributed by atoms with Gasteiger partial charge in [-0.25, -0.2) is 4.98 Å². The van der Waals surface area contributed by atoms with Crippen LogP contribution >= 0.6 is 11.8 Å². The molecule has 0 unspecified atom stereocenters. The second-order valence-electron chi connectivity index (χ2n) is 4.61. The zero-order valence-electron chi connectivity index (χ0n) is 12.1. The first-order valence-corrected chi connectivity index (χ1v) is 7.44. The van der Waals surface area contributed by atoms with E-state index in [4.69, 9.17) is 11.5 Å². The zero-order valence-corrected chi connectivity index (χ0v) is 13.0. The normalized spacial score (nSPS) is 9.92. The lowest BCUT2D eigenvalue weighted by Gasteiger charge is -2.13. The monoisotopic (exact) mass is 341 g/mol. The molecule has 1 aromatic carbocycles. The number of carbonyl (C=O) groups excluding carboxylic acids is 1. The number of phenols is 2. The number of nitrogen functional groups attached to an aromatic ring is 1. The molecule has 0 radical (unpaired) electrons. The van der Waals surface area contributed by atoms with E-state index in [1.165, 1.54) is 18.2 Å². The van der Waals surface area contributed by atoms with E-state index in [1.54, 1.807) is 0 Å². The summed E-state index contributed by atoms with van der Waals surface area (Å²) in [6, 6.07) is 7.67. The van der Waals surface area contributed by atoms with Crippen molar-refractivity contribution in [2.45, 2.75) is 5.03 Å². The number of thioether (sulfide) groups is 1. The standard InChI is InChI=1S/C15H11N5O3S/c16-4-8-13(7-1-2-10(21)11(22)3-7)9(5-17)15(20-14(8)19)24-6-12(18)23/h1-3,21-22H,6H2,(H2,18,23)(H2,19,20). The summed E-state index contributed by atoms with van der Waals surface area (Å²) in [5.74, 6) is -1.60. The van der Waals surface area contributed by atoms with E-state index in [9.17, 15) is 25.5 Å². The first-order valence-electron chi connectivity index (χ1n) is 6.46. The number of anilines is 1. The Morgan fingerprint density at radius 3 is 2.42 bits per heavy atom. The van der Waals surface area contributed by atoms with Gasteiger partial charge in [-0.05, 0) is 17.7 Å². The van der Waals surface area contributed by atoms with Crippen LogP contribution in [-0.2, 0) is 4.79 Å². The molecule has 0 aliphatic rings. The summed E-state index contributed by atoms with van der Waals surface area (Å²) in [6.45, 7) is 0. The maximum atomic E-state index is 11.0. The summed E-state index contributed by atoms with van der Waals surface area (Å²) in [5.41, 5.74) is 11.3. The highest BCUT2D eigenvalue weighted by Crippen LogP contribution is 2.38. The number of nitrogens with two attached hydrogens (primary N) is 2. The summed E-state index contributed by atoms with van der Waals surface area (Å²) in [6.07, 6.45) is 0. The van der Waals surface area contributed by atoms with Gasteiger partial charge in [0, 0.05) is 5.56 Å². The third kappa shape index (κ3) is 3.16. The number of hydrogen-bond acceptors (Lipinski definition) is 8. The topological polar surface area (TPSA) is 170 Å². The number of nitriles is 2. The number of benzene rings is 1. The predicted octanol–water partition coefficient (Wildman–Crippen LogP) is 1.06. The van der Waals surface area contributed by atoms with Crippen LogP contribution in [0.4, 0.5) is 5.82 Å². The molecule has 0 aliphatic carbocycles. The van der Waals surface area contributed by atoms with Crippen LogP contribution in [-0.4, -0.2) is 26.9 Å². The van der Waals surface area contributed by atoms with E-state index in [1.807, 2.05) is 12.1 Å². The second-order valence-corrected chi connectivity index (χ2v) is 5.57. The fourth-order valence-corrected chi connectivity index (χ4v) is 2.74. The van der Waals surface area contributed by atoms with Gasteiger partial charge in [0.25, 0.3) is 0 Å². The van der Waals surface area contributed by atoms with Gasteiger partial charge < -0.3 is 21.7 Å². The van der Waals surface area contributed by atoms with E-state index in [0.717, 1.165) is 11.8 Å². The SMILES string of the molecule is N#Cc1c(N)nc(SCC(N)=O)c(C#N)c1-c1ccc(O)c(O)c1. The van der Waals surface area contributed by atoms with Gasteiger partial charge in [0.15, 0.2) is 11.5 Å². The lowest BCUT2D eigenvalue weighted by atomic mass is 9.96. The molecule has 8 nitrogen and oxygen atoms in total. The summed E-state index contributed by atoms with van der Waals surface area (Å²) in [4.78, 5) is 15.0. The number of aromatic nitrogens is 1. The number of pyridine rings is 1. The lowest BCUT2D eigenvalue weighted by Crippen LogP contribution is -2.14. The van der Waals surface area contributed by atoms with Gasteiger partial charge in [-0.1, -0.05) is 17.8 Å². The van der Waals surface area contributed by atoms with Crippen LogP contribution in [0, 0.1) is 22.7 Å². The Balaban J connectivity index is 2.76. The van der Waals surface area contributed by atoms with E-state index in [-0.39, 0.29) is 39.0 Å². The van der Waals surface area contributed by atoms with Crippen LogP contribution in [0.15, 0.2) is 23.2 Å². The molecule has 0 atom stereocenters. The third-order valence-electron chi connectivity index (χ3n) is 3.03. The fourth-order valence-electron chi connectivity index (χ4n) is 2.01. The molecule has 6 N–H and O–H groups in total. The molecule has 0 spiro atoms. The van der Waals surface area contributed by atoms with Crippen LogP contribution in [0.25, 0.3) is 11.1 Å². The molecule has 2 aromatic rings. The van der Waals surface area contributed by atoms with Crippen LogP contribution in [0.3, 0.4) is 0 Å². The molecule has 0 aliphatic heterocycles. The van der Waals surface area contributed by atoms with Crippen LogP contribution < -0.4 is 11.5 Å². The number of carbonyl (C=O) groups is 1. The smallest absolute Gasteiger partial charge is 0.227 e. The minimum absolute atomic E-state index is 0.0251. The van der Waals surface area contributed by atoms with Crippen molar-refractivity contribution in [1.29, 1.82) is 10.5 Å². The number of phenolic OH excluding ortho intramolecular Hbond substituents is 2. The van der Waals surface area contributed by atoms with Gasteiger partial charge in [-0.15, -0.1) is 0 Å². The van der Waals surface area contributed by atoms with Crippen molar-refractivity contribution in [2.75, 3.05) is 11.5 Å². The van der Waals surface area contributed by atoms with Crippen LogP contribution in [0.1, 0.15) is 11.1 Å². The van der Waals surface area contributed by atoms with Crippen LogP contribution in [0.2, 0.25) is 0 Å². The van der Waals surface area contributed by atoms with Gasteiger partial charge in [0.2, 0.25) is 5.91 Å². The highest BCUT2D eigenvalue weighted by molar-refractivity contribution is 8.00. The molecule has 9 heteroatoms. The average Bonchev–Trinajstić information content (AvgIpc) is 2.54. The Morgan fingerprint density at radius 2 is 1.88 bits per heavy atom. The van der Waals surface area contributed by atoms with Crippen molar-refractivity contribution < 1.29 is 15.0 Å². The number of amides is 1. The van der Waals surface area contributed by atoms with Gasteiger partial charge in [0.1, 0.15) is 28.5 Å². The van der Waals surface area contributed by atoms with E-state index in [2.05, 4.69) is 4.98 Å². The Kier molecular flexibility index (Phi) is 4.78. The minimum atomic E-state index is -0.600. The number of primary amides is 1. The summed E-state index contributed by atoms with van der Waals surface area (Å²) in [7, 11) is 0. The van der Waals surface area contributed by atoms with Crippen molar-refractivity contribution in [3.63, 3.8) is 0 Å². The first kappa shape index (κ1) is 16.9. The fraction of sp³-hybridized carbons (Fsp3) is 0.0667. The molecule has 120 valence electrons. The maximum Gasteiger partial charge on any atom is 0.227 e. The van der Waals surface area contributed by atoms with Gasteiger partial charge in [0.05, 0.1) is 11.3 Å². The van der Waals surface area contributed by atoms with Crippen molar-refractivity contribution in [1.82, 2.24) is 4.98 Å². The molecule has 0 saturated carbocycles. The average molecular weight is 341 g/mol. The van der Waals surface area contributed by atoms with E-state index < -0.39 is 11.7 Å². The predicted molar refractivity (Wildman–Crippen MR) is 86.8 cm³/mol.